The van der Waals surface area contributed by atoms with Crippen molar-refractivity contribution in [1.29, 1.82) is 0 Å². The van der Waals surface area contributed by atoms with Crippen molar-refractivity contribution < 1.29 is 4.79 Å². The van der Waals surface area contributed by atoms with Crippen LogP contribution in [0.2, 0.25) is 0 Å². The molecule has 1 saturated heterocycles. The fourth-order valence-electron chi connectivity index (χ4n) is 4.62. The predicted octanol–water partition coefficient (Wildman–Crippen LogP) is 5.98. The van der Waals surface area contributed by atoms with Crippen molar-refractivity contribution in [3.05, 3.63) is 71.8 Å². The molecule has 0 bridgehead atoms. The summed E-state index contributed by atoms with van der Waals surface area (Å²) in [6.07, 6.45) is 2.08. The number of fused-ring (bicyclic) bond motifs is 2. The molecule has 6 heteroatoms. The summed E-state index contributed by atoms with van der Waals surface area (Å²) in [5.41, 5.74) is 6.00. The summed E-state index contributed by atoms with van der Waals surface area (Å²) < 4.78 is 0. The van der Waals surface area contributed by atoms with Gasteiger partial charge in [0.2, 0.25) is 5.91 Å². The lowest BCUT2D eigenvalue weighted by Crippen LogP contribution is -2.50. The number of hydrogen-bond donors (Lipinski definition) is 0. The number of thioether (sulfide) groups is 1. The third-order valence-electron chi connectivity index (χ3n) is 6.63. The smallest absolute Gasteiger partial charge is 0.245 e. The summed E-state index contributed by atoms with van der Waals surface area (Å²) in [6.45, 7) is 8.47. The van der Waals surface area contributed by atoms with Crippen LogP contribution >= 0.6 is 23.5 Å². The summed E-state index contributed by atoms with van der Waals surface area (Å²) >= 11 is 3.46. The Hall–Kier alpha value is -2.41. The van der Waals surface area contributed by atoms with Gasteiger partial charge in [-0.25, -0.2) is 0 Å². The van der Waals surface area contributed by atoms with Crippen LogP contribution in [0.4, 0.5) is 17.1 Å². The molecule has 0 spiro atoms. The van der Waals surface area contributed by atoms with E-state index in [1.165, 1.54) is 21.7 Å². The van der Waals surface area contributed by atoms with Crippen molar-refractivity contribution in [2.75, 3.05) is 48.8 Å². The second-order valence-corrected chi connectivity index (χ2v) is 10.6. The summed E-state index contributed by atoms with van der Waals surface area (Å²) in [4.78, 5) is 23.8. The van der Waals surface area contributed by atoms with Crippen LogP contribution in [0, 0.1) is 13.8 Å². The van der Waals surface area contributed by atoms with Crippen molar-refractivity contribution in [3.63, 3.8) is 0 Å². The molecule has 1 amide bonds. The highest BCUT2D eigenvalue weighted by molar-refractivity contribution is 8.00. The summed E-state index contributed by atoms with van der Waals surface area (Å²) in [5.74, 6) is 0.141. The number of benzene rings is 3. The van der Waals surface area contributed by atoms with E-state index in [1.54, 1.807) is 23.5 Å². The minimum absolute atomic E-state index is 0.141. The van der Waals surface area contributed by atoms with Gasteiger partial charge in [-0.3, -0.25) is 14.6 Å². The zero-order valence-corrected chi connectivity index (χ0v) is 21.0. The number of anilines is 3. The highest BCUT2D eigenvalue weighted by atomic mass is 32.2. The van der Waals surface area contributed by atoms with E-state index in [0.29, 0.717) is 6.54 Å². The number of aryl methyl sites for hydroxylation is 1. The number of nitrogens with zero attached hydrogens (tertiary/aromatic N) is 3. The molecule has 3 aromatic carbocycles. The normalized spacial score (nSPS) is 15.8. The maximum absolute atomic E-state index is 13.7. The molecule has 0 unspecified atom stereocenters. The Balaban J connectivity index is 1.34. The number of para-hydroxylation sites is 1. The minimum atomic E-state index is 0.141. The topological polar surface area (TPSA) is 26.8 Å². The Bertz CT molecular complexity index is 1190. The van der Waals surface area contributed by atoms with Gasteiger partial charge in [-0.1, -0.05) is 36.0 Å². The first-order valence-corrected chi connectivity index (χ1v) is 13.4. The van der Waals surface area contributed by atoms with Gasteiger partial charge >= 0.3 is 0 Å². The summed E-state index contributed by atoms with van der Waals surface area (Å²) in [6, 6.07) is 21.2. The highest BCUT2D eigenvalue weighted by Crippen LogP contribution is 2.49. The summed E-state index contributed by atoms with van der Waals surface area (Å²) in [5, 5.41) is 0. The maximum Gasteiger partial charge on any atom is 0.245 e. The Kier molecular flexibility index (Phi) is 6.41. The largest absolute Gasteiger partial charge is 0.369 e. The summed E-state index contributed by atoms with van der Waals surface area (Å²) in [7, 11) is 0. The molecule has 170 valence electrons. The van der Waals surface area contributed by atoms with Gasteiger partial charge in [0, 0.05) is 46.6 Å². The van der Waals surface area contributed by atoms with E-state index in [1.807, 2.05) is 17.0 Å². The third-order valence-corrected chi connectivity index (χ3v) is 8.49. The van der Waals surface area contributed by atoms with Gasteiger partial charge < -0.3 is 4.90 Å². The zero-order chi connectivity index (χ0) is 22.9. The number of rotatable bonds is 4. The van der Waals surface area contributed by atoms with Gasteiger partial charge in [0.05, 0.1) is 17.9 Å². The van der Waals surface area contributed by atoms with Crippen molar-refractivity contribution in [3.8, 4) is 0 Å². The molecule has 0 radical (unpaired) electrons. The lowest BCUT2D eigenvalue weighted by atomic mass is 10.1. The second-order valence-electron chi connectivity index (χ2n) is 8.61. The number of carbonyl (C=O) groups is 1. The quantitative estimate of drug-likeness (QED) is 0.433. The fourth-order valence-corrected chi connectivity index (χ4v) is 6.09. The van der Waals surface area contributed by atoms with Crippen LogP contribution in [0.3, 0.4) is 0 Å². The van der Waals surface area contributed by atoms with Crippen LogP contribution in [-0.4, -0.2) is 49.8 Å². The number of hydrogen-bond acceptors (Lipinski definition) is 5. The van der Waals surface area contributed by atoms with E-state index >= 15 is 0 Å². The van der Waals surface area contributed by atoms with Crippen LogP contribution < -0.4 is 9.80 Å². The molecular weight excluding hydrogens is 446 g/mol. The van der Waals surface area contributed by atoms with E-state index in [4.69, 9.17) is 0 Å². The van der Waals surface area contributed by atoms with Gasteiger partial charge in [-0.05, 0) is 67.6 Å². The molecule has 2 heterocycles. The Morgan fingerprint density at radius 1 is 0.879 bits per heavy atom. The van der Waals surface area contributed by atoms with Crippen LogP contribution in [0.15, 0.2) is 75.4 Å². The monoisotopic (exact) mass is 475 g/mol. The molecule has 3 aromatic rings. The standard InChI is InChI=1S/C27H29N3OS2/c1-19-7-6-9-22(20(19)2)29-15-13-28(14-16-29)18-27(31)30-23-8-4-5-10-25(23)33-26-12-11-21(32-3)17-24(26)30/h4-12,17H,13-16,18H2,1-3H3. The number of piperazine rings is 1. The van der Waals surface area contributed by atoms with Gasteiger partial charge in [-0.15, -0.1) is 11.8 Å². The molecular formula is C27H29N3OS2. The van der Waals surface area contributed by atoms with Crippen LogP contribution in [-0.2, 0) is 4.79 Å². The van der Waals surface area contributed by atoms with E-state index in [0.717, 1.165) is 47.3 Å². The van der Waals surface area contributed by atoms with E-state index in [9.17, 15) is 4.79 Å². The molecule has 0 N–H and O–H groups in total. The molecule has 4 nitrogen and oxygen atoms in total. The maximum atomic E-state index is 13.7. The average molecular weight is 476 g/mol. The lowest BCUT2D eigenvalue weighted by Gasteiger charge is -2.38. The van der Waals surface area contributed by atoms with Crippen molar-refractivity contribution in [2.45, 2.75) is 28.5 Å². The van der Waals surface area contributed by atoms with Crippen molar-refractivity contribution in [2.24, 2.45) is 0 Å². The first-order chi connectivity index (χ1) is 16.0. The van der Waals surface area contributed by atoms with E-state index < -0.39 is 0 Å². The number of amides is 1. The molecule has 0 aromatic heterocycles. The van der Waals surface area contributed by atoms with Crippen LogP contribution in [0.1, 0.15) is 11.1 Å². The van der Waals surface area contributed by atoms with Gasteiger partial charge in [0.15, 0.2) is 0 Å². The number of carbonyl (C=O) groups excluding carboxylic acids is 1. The van der Waals surface area contributed by atoms with Crippen LogP contribution in [0.25, 0.3) is 0 Å². The Labute approximate surface area is 205 Å². The minimum Gasteiger partial charge on any atom is -0.369 e. The molecule has 0 atom stereocenters. The van der Waals surface area contributed by atoms with Gasteiger partial charge in [-0.2, -0.15) is 0 Å². The molecule has 1 fully saturated rings. The SMILES string of the molecule is CSc1ccc2c(c1)N(C(=O)CN1CCN(c3cccc(C)c3C)CC1)c1ccccc1S2. The third kappa shape index (κ3) is 4.39. The average Bonchev–Trinajstić information content (AvgIpc) is 2.84. The van der Waals surface area contributed by atoms with Crippen LogP contribution in [0.5, 0.6) is 0 Å². The van der Waals surface area contributed by atoms with E-state index in [2.05, 4.69) is 78.4 Å². The fraction of sp³-hybridized carbons (Fsp3) is 0.296. The zero-order valence-electron chi connectivity index (χ0n) is 19.4. The van der Waals surface area contributed by atoms with Gasteiger partial charge in [0.25, 0.3) is 0 Å². The first-order valence-electron chi connectivity index (χ1n) is 11.4. The predicted molar refractivity (Wildman–Crippen MR) is 141 cm³/mol. The van der Waals surface area contributed by atoms with Crippen molar-refractivity contribution >= 4 is 46.5 Å². The lowest BCUT2D eigenvalue weighted by molar-refractivity contribution is -0.119. The van der Waals surface area contributed by atoms with Gasteiger partial charge in [0.1, 0.15) is 0 Å². The Morgan fingerprint density at radius 2 is 1.61 bits per heavy atom. The van der Waals surface area contributed by atoms with Crippen molar-refractivity contribution in [1.82, 2.24) is 4.90 Å². The molecule has 0 saturated carbocycles. The first kappa shape index (κ1) is 22.4. The molecule has 0 aliphatic carbocycles. The molecule has 33 heavy (non-hydrogen) atoms. The van der Waals surface area contributed by atoms with E-state index in [-0.39, 0.29) is 5.91 Å². The molecule has 2 aliphatic heterocycles. The Morgan fingerprint density at radius 3 is 2.39 bits per heavy atom. The molecule has 5 rings (SSSR count). The molecule has 2 aliphatic rings. The second kappa shape index (κ2) is 9.45. The highest BCUT2D eigenvalue weighted by Gasteiger charge is 2.30.